The van der Waals surface area contributed by atoms with Crippen LogP contribution in [0.2, 0.25) is 0 Å². The van der Waals surface area contributed by atoms with E-state index in [1.807, 2.05) is 18.3 Å². The third-order valence-corrected chi connectivity index (χ3v) is 8.05. The molecule has 1 aliphatic carbocycles. The Morgan fingerprint density at radius 2 is 1.44 bits per heavy atom. The van der Waals surface area contributed by atoms with Crippen LogP contribution in [0.5, 0.6) is 5.75 Å². The molecule has 0 N–H and O–H groups in total. The molecule has 1 aromatic heterocycles. The second-order valence-electron chi connectivity index (χ2n) is 11.0. The molecule has 1 aromatic carbocycles. The zero-order valence-electron chi connectivity index (χ0n) is 23.1. The largest absolute Gasteiger partial charge is 0.493 e. The molecule has 3 rings (SSSR count). The summed E-state index contributed by atoms with van der Waals surface area (Å²) in [5, 5.41) is 0. The SMILES string of the molecule is CCCCCCCCCCC1CCC(c2ccc(-c3ccc(OCCCCCC)cc3F)nc2)CC1. The molecule has 0 spiro atoms. The van der Waals surface area contributed by atoms with Gasteiger partial charge in [-0.1, -0.05) is 97.0 Å². The summed E-state index contributed by atoms with van der Waals surface area (Å²) < 4.78 is 20.5. The molecular formula is C33H50FNO. The van der Waals surface area contributed by atoms with Gasteiger partial charge in [-0.3, -0.25) is 4.98 Å². The van der Waals surface area contributed by atoms with Crippen LogP contribution in [0.4, 0.5) is 4.39 Å². The molecule has 1 aliphatic rings. The molecule has 0 unspecified atom stereocenters. The van der Waals surface area contributed by atoms with E-state index in [1.165, 1.54) is 108 Å². The van der Waals surface area contributed by atoms with Crippen LogP contribution in [0, 0.1) is 11.7 Å². The fourth-order valence-electron chi connectivity index (χ4n) is 5.67. The zero-order chi connectivity index (χ0) is 25.4. The molecule has 0 atom stereocenters. The molecule has 200 valence electrons. The number of hydrogen-bond donors (Lipinski definition) is 0. The summed E-state index contributed by atoms with van der Waals surface area (Å²) in [6, 6.07) is 9.32. The number of benzene rings is 1. The van der Waals surface area contributed by atoms with Crippen molar-refractivity contribution >= 4 is 0 Å². The van der Waals surface area contributed by atoms with E-state index in [0.717, 1.165) is 18.8 Å². The van der Waals surface area contributed by atoms with Crippen molar-refractivity contribution in [2.45, 2.75) is 129 Å². The third kappa shape index (κ3) is 9.87. The topological polar surface area (TPSA) is 22.1 Å². The summed E-state index contributed by atoms with van der Waals surface area (Å²) in [4.78, 5) is 4.65. The smallest absolute Gasteiger partial charge is 0.136 e. The Kier molecular flexibility index (Phi) is 13.4. The van der Waals surface area contributed by atoms with Crippen LogP contribution in [0.25, 0.3) is 11.3 Å². The predicted molar refractivity (Wildman–Crippen MR) is 151 cm³/mol. The molecular weight excluding hydrogens is 445 g/mol. The fraction of sp³-hybridized carbons (Fsp3) is 0.667. The molecule has 0 saturated heterocycles. The van der Waals surface area contributed by atoms with Gasteiger partial charge in [0.25, 0.3) is 0 Å². The first-order chi connectivity index (χ1) is 17.7. The van der Waals surface area contributed by atoms with Crippen molar-refractivity contribution in [1.29, 1.82) is 0 Å². The third-order valence-electron chi connectivity index (χ3n) is 8.05. The van der Waals surface area contributed by atoms with Gasteiger partial charge in [0.15, 0.2) is 0 Å². The van der Waals surface area contributed by atoms with Crippen LogP contribution in [0.15, 0.2) is 36.5 Å². The monoisotopic (exact) mass is 495 g/mol. The van der Waals surface area contributed by atoms with Gasteiger partial charge < -0.3 is 4.74 Å². The molecule has 2 aromatic rings. The van der Waals surface area contributed by atoms with E-state index in [1.54, 1.807) is 6.07 Å². The highest BCUT2D eigenvalue weighted by atomic mass is 19.1. The zero-order valence-corrected chi connectivity index (χ0v) is 23.1. The van der Waals surface area contributed by atoms with Crippen molar-refractivity contribution in [2.24, 2.45) is 5.92 Å². The van der Waals surface area contributed by atoms with E-state index in [9.17, 15) is 4.39 Å². The Labute approximate surface area is 220 Å². The van der Waals surface area contributed by atoms with Gasteiger partial charge in [-0.15, -0.1) is 0 Å². The van der Waals surface area contributed by atoms with Crippen LogP contribution < -0.4 is 4.74 Å². The number of rotatable bonds is 17. The van der Waals surface area contributed by atoms with Crippen LogP contribution >= 0.6 is 0 Å². The maximum Gasteiger partial charge on any atom is 0.136 e. The number of nitrogens with zero attached hydrogens (tertiary/aromatic N) is 1. The van der Waals surface area contributed by atoms with Gasteiger partial charge in [0.05, 0.1) is 12.3 Å². The van der Waals surface area contributed by atoms with Gasteiger partial charge in [0.2, 0.25) is 0 Å². The minimum absolute atomic E-state index is 0.261. The van der Waals surface area contributed by atoms with Gasteiger partial charge in [-0.2, -0.15) is 0 Å². The van der Waals surface area contributed by atoms with Crippen molar-refractivity contribution < 1.29 is 9.13 Å². The van der Waals surface area contributed by atoms with E-state index in [0.29, 0.717) is 29.5 Å². The molecule has 1 saturated carbocycles. The van der Waals surface area contributed by atoms with Gasteiger partial charge in [-0.05, 0) is 67.7 Å². The van der Waals surface area contributed by atoms with E-state index >= 15 is 0 Å². The average Bonchev–Trinajstić information content (AvgIpc) is 2.91. The minimum Gasteiger partial charge on any atom is -0.493 e. The first-order valence-corrected chi connectivity index (χ1v) is 15.1. The summed E-state index contributed by atoms with van der Waals surface area (Å²) in [5.74, 6) is 1.86. The summed E-state index contributed by atoms with van der Waals surface area (Å²) >= 11 is 0. The molecule has 2 nitrogen and oxygen atoms in total. The minimum atomic E-state index is -0.261. The van der Waals surface area contributed by atoms with Crippen LogP contribution in [0.1, 0.15) is 134 Å². The molecule has 1 heterocycles. The number of halogens is 1. The Hall–Kier alpha value is -1.90. The first-order valence-electron chi connectivity index (χ1n) is 15.1. The second-order valence-corrected chi connectivity index (χ2v) is 11.0. The highest BCUT2D eigenvalue weighted by Crippen LogP contribution is 2.38. The highest BCUT2D eigenvalue weighted by Gasteiger charge is 2.22. The lowest BCUT2D eigenvalue weighted by atomic mass is 9.77. The second kappa shape index (κ2) is 16.8. The van der Waals surface area contributed by atoms with E-state index in [2.05, 4.69) is 24.9 Å². The maximum absolute atomic E-state index is 14.8. The van der Waals surface area contributed by atoms with Crippen LogP contribution in [-0.4, -0.2) is 11.6 Å². The Morgan fingerprint density at radius 3 is 2.08 bits per heavy atom. The molecule has 0 amide bonds. The lowest BCUT2D eigenvalue weighted by Crippen LogP contribution is -2.13. The summed E-state index contributed by atoms with van der Waals surface area (Å²) in [6.45, 7) is 5.13. The summed E-state index contributed by atoms with van der Waals surface area (Å²) in [5.41, 5.74) is 2.57. The van der Waals surface area contributed by atoms with Crippen molar-refractivity contribution in [1.82, 2.24) is 4.98 Å². The molecule has 1 fully saturated rings. The highest BCUT2D eigenvalue weighted by molar-refractivity contribution is 5.61. The quantitative estimate of drug-likeness (QED) is 0.204. The number of pyridine rings is 1. The lowest BCUT2D eigenvalue weighted by molar-refractivity contribution is 0.301. The van der Waals surface area contributed by atoms with Gasteiger partial charge in [-0.25, -0.2) is 4.39 Å². The lowest BCUT2D eigenvalue weighted by Gasteiger charge is -2.28. The van der Waals surface area contributed by atoms with Crippen molar-refractivity contribution in [3.05, 3.63) is 47.9 Å². The Balaban J connectivity index is 1.38. The molecule has 0 radical (unpaired) electrons. The Morgan fingerprint density at radius 1 is 0.778 bits per heavy atom. The number of hydrogen-bond acceptors (Lipinski definition) is 2. The van der Waals surface area contributed by atoms with Crippen LogP contribution in [-0.2, 0) is 0 Å². The summed E-state index contributed by atoms with van der Waals surface area (Å²) in [7, 11) is 0. The van der Waals surface area contributed by atoms with E-state index in [-0.39, 0.29) is 5.82 Å². The van der Waals surface area contributed by atoms with E-state index < -0.39 is 0 Å². The molecule has 3 heteroatoms. The molecule has 0 aliphatic heterocycles. The summed E-state index contributed by atoms with van der Waals surface area (Å²) in [6.07, 6.45) is 24.5. The number of aromatic nitrogens is 1. The van der Waals surface area contributed by atoms with Crippen molar-refractivity contribution in [2.75, 3.05) is 6.61 Å². The Bertz CT molecular complexity index is 841. The van der Waals surface area contributed by atoms with Gasteiger partial charge in [0.1, 0.15) is 11.6 Å². The first kappa shape index (κ1) is 28.7. The standard InChI is InChI=1S/C33H50FNO/c1-3-5-7-9-10-11-12-13-15-27-16-18-28(19-17-27)29-20-23-33(35-26-29)31-22-21-30(25-32(31)34)36-24-14-8-6-4-2/h20-23,25-28H,3-19,24H2,1-2H3. The average molecular weight is 496 g/mol. The van der Waals surface area contributed by atoms with Crippen molar-refractivity contribution in [3.8, 4) is 17.0 Å². The van der Waals surface area contributed by atoms with Gasteiger partial charge >= 0.3 is 0 Å². The van der Waals surface area contributed by atoms with Crippen LogP contribution in [0.3, 0.4) is 0 Å². The van der Waals surface area contributed by atoms with Gasteiger partial charge in [0, 0.05) is 17.8 Å². The normalized spacial score (nSPS) is 17.9. The molecule has 36 heavy (non-hydrogen) atoms. The maximum atomic E-state index is 14.8. The van der Waals surface area contributed by atoms with E-state index in [4.69, 9.17) is 4.74 Å². The fourth-order valence-corrected chi connectivity index (χ4v) is 5.67. The van der Waals surface area contributed by atoms with Crippen molar-refractivity contribution in [3.63, 3.8) is 0 Å². The number of unbranched alkanes of at least 4 members (excludes halogenated alkanes) is 10. The number of ether oxygens (including phenoxy) is 1. The molecule has 0 bridgehead atoms. The predicted octanol–water partition coefficient (Wildman–Crippen LogP) is 10.7.